The highest BCUT2D eigenvalue weighted by Gasteiger charge is 2.44. The van der Waals surface area contributed by atoms with Crippen molar-refractivity contribution in [2.45, 2.75) is 64.8 Å². The number of hydrogen-bond donors (Lipinski definition) is 0. The van der Waals surface area contributed by atoms with Gasteiger partial charge in [0.25, 0.3) is 0 Å². The normalized spacial score (nSPS) is 19.5. The first-order chi connectivity index (χ1) is 7.89. The maximum Gasteiger partial charge on any atom is 0.243 e. The van der Waals surface area contributed by atoms with E-state index in [0.29, 0.717) is 0 Å². The van der Waals surface area contributed by atoms with Crippen molar-refractivity contribution in [1.82, 2.24) is 4.90 Å². The zero-order valence-electron chi connectivity index (χ0n) is 11.5. The molecule has 0 atom stereocenters. The third kappa shape index (κ3) is 2.62. The van der Waals surface area contributed by atoms with Gasteiger partial charge in [-0.25, -0.2) is 0 Å². The van der Waals surface area contributed by atoms with Crippen LogP contribution in [0.2, 0.25) is 0 Å². The molecule has 0 aromatic heterocycles. The topological polar surface area (TPSA) is 44.1 Å². The summed E-state index contributed by atoms with van der Waals surface area (Å²) in [6.07, 6.45) is 5.51. The second-order valence-corrected chi connectivity index (χ2v) is 5.78. The Hall–Kier alpha value is -1.04. The molecule has 0 aliphatic heterocycles. The van der Waals surface area contributed by atoms with Gasteiger partial charge in [0.05, 0.1) is 6.07 Å². The number of carbonyl (C=O) groups is 1. The molecule has 96 valence electrons. The Labute approximate surface area is 105 Å². The molecule has 17 heavy (non-hydrogen) atoms. The van der Waals surface area contributed by atoms with Gasteiger partial charge in [-0.15, -0.1) is 0 Å². The van der Waals surface area contributed by atoms with Crippen molar-refractivity contribution in [1.29, 1.82) is 5.26 Å². The SMILES string of the molecule is CCC(C)(C)N(C)C(=O)C1(C#N)CCCCC1. The summed E-state index contributed by atoms with van der Waals surface area (Å²) >= 11 is 0. The molecule has 0 saturated heterocycles. The van der Waals surface area contributed by atoms with Gasteiger partial charge >= 0.3 is 0 Å². The van der Waals surface area contributed by atoms with Crippen molar-refractivity contribution < 1.29 is 4.79 Å². The lowest BCUT2D eigenvalue weighted by Gasteiger charge is -2.41. The molecule has 0 spiro atoms. The van der Waals surface area contributed by atoms with Gasteiger partial charge in [0.15, 0.2) is 0 Å². The summed E-state index contributed by atoms with van der Waals surface area (Å²) in [6, 6.07) is 2.30. The van der Waals surface area contributed by atoms with Crippen LogP contribution in [0.5, 0.6) is 0 Å². The van der Waals surface area contributed by atoms with Crippen molar-refractivity contribution in [2.75, 3.05) is 7.05 Å². The molecule has 3 nitrogen and oxygen atoms in total. The van der Waals surface area contributed by atoms with Crippen molar-refractivity contribution in [3.63, 3.8) is 0 Å². The maximum absolute atomic E-state index is 12.6. The Morgan fingerprint density at radius 2 is 1.88 bits per heavy atom. The summed E-state index contributed by atoms with van der Waals surface area (Å²) in [5, 5.41) is 9.40. The number of carbonyl (C=O) groups excluding carboxylic acids is 1. The highest BCUT2D eigenvalue weighted by Crippen LogP contribution is 2.38. The molecule has 0 bridgehead atoms. The maximum atomic E-state index is 12.6. The first-order valence-corrected chi connectivity index (χ1v) is 6.59. The van der Waals surface area contributed by atoms with Crippen LogP contribution in [-0.2, 0) is 4.79 Å². The van der Waals surface area contributed by atoms with Gasteiger partial charge in [0.1, 0.15) is 5.41 Å². The molecule has 1 rings (SSSR count). The third-order valence-corrected chi connectivity index (χ3v) is 4.41. The van der Waals surface area contributed by atoms with Crippen LogP contribution in [0.3, 0.4) is 0 Å². The van der Waals surface area contributed by atoms with Gasteiger partial charge in [-0.3, -0.25) is 4.79 Å². The van der Waals surface area contributed by atoms with E-state index < -0.39 is 5.41 Å². The highest BCUT2D eigenvalue weighted by atomic mass is 16.2. The largest absolute Gasteiger partial charge is 0.339 e. The molecule has 1 aliphatic rings. The summed E-state index contributed by atoms with van der Waals surface area (Å²) < 4.78 is 0. The van der Waals surface area contributed by atoms with Crippen LogP contribution in [0.1, 0.15) is 59.3 Å². The van der Waals surface area contributed by atoms with Gasteiger partial charge in [-0.1, -0.05) is 26.2 Å². The van der Waals surface area contributed by atoms with Crippen molar-refractivity contribution in [3.8, 4) is 6.07 Å². The number of amides is 1. The molecule has 1 amide bonds. The van der Waals surface area contributed by atoms with Crippen LogP contribution in [0.25, 0.3) is 0 Å². The monoisotopic (exact) mass is 236 g/mol. The van der Waals surface area contributed by atoms with Crippen molar-refractivity contribution >= 4 is 5.91 Å². The molecule has 0 radical (unpaired) electrons. The highest BCUT2D eigenvalue weighted by molar-refractivity contribution is 5.86. The van der Waals surface area contributed by atoms with Gasteiger partial charge in [0.2, 0.25) is 5.91 Å². The first kappa shape index (κ1) is 14.0. The fourth-order valence-corrected chi connectivity index (χ4v) is 2.36. The van der Waals surface area contributed by atoms with Crippen LogP contribution in [-0.4, -0.2) is 23.4 Å². The predicted molar refractivity (Wildman–Crippen MR) is 68.3 cm³/mol. The smallest absolute Gasteiger partial charge is 0.243 e. The molecule has 0 unspecified atom stereocenters. The second-order valence-electron chi connectivity index (χ2n) is 5.78. The summed E-state index contributed by atoms with van der Waals surface area (Å²) in [5.41, 5.74) is -0.919. The lowest BCUT2D eigenvalue weighted by molar-refractivity contribution is -0.144. The van der Waals surface area contributed by atoms with E-state index in [0.717, 1.165) is 38.5 Å². The zero-order valence-corrected chi connectivity index (χ0v) is 11.5. The zero-order chi connectivity index (χ0) is 13.1. The van der Waals surface area contributed by atoms with Crippen LogP contribution in [0, 0.1) is 16.7 Å². The van der Waals surface area contributed by atoms with E-state index in [9.17, 15) is 10.1 Å². The predicted octanol–water partition coefficient (Wildman–Crippen LogP) is 3.11. The molecule has 0 heterocycles. The summed E-state index contributed by atoms with van der Waals surface area (Å²) in [6.45, 7) is 6.18. The Bertz CT molecular complexity index is 322. The standard InChI is InChI=1S/C14H24N2O/c1-5-13(2,3)16(4)12(17)14(11-15)9-7-6-8-10-14/h5-10H2,1-4H3. The van der Waals surface area contributed by atoms with Gasteiger partial charge in [0, 0.05) is 12.6 Å². The third-order valence-electron chi connectivity index (χ3n) is 4.41. The van der Waals surface area contributed by atoms with E-state index in [1.165, 1.54) is 0 Å². The minimum Gasteiger partial charge on any atom is -0.339 e. The average Bonchev–Trinajstić information content (AvgIpc) is 2.37. The number of nitrogens with zero attached hydrogens (tertiary/aromatic N) is 2. The van der Waals surface area contributed by atoms with E-state index in [1.54, 1.807) is 4.90 Å². The Balaban J connectivity index is 2.90. The second kappa shape index (κ2) is 5.08. The van der Waals surface area contributed by atoms with E-state index in [2.05, 4.69) is 26.8 Å². The van der Waals surface area contributed by atoms with E-state index in [-0.39, 0.29) is 11.4 Å². The van der Waals surface area contributed by atoms with Crippen LogP contribution < -0.4 is 0 Å². The lowest BCUT2D eigenvalue weighted by Crippen LogP contribution is -2.51. The Morgan fingerprint density at radius 3 is 2.29 bits per heavy atom. The van der Waals surface area contributed by atoms with Crippen LogP contribution in [0.4, 0.5) is 0 Å². The van der Waals surface area contributed by atoms with E-state index in [1.807, 2.05) is 7.05 Å². The van der Waals surface area contributed by atoms with Gasteiger partial charge in [-0.05, 0) is 33.1 Å². The van der Waals surface area contributed by atoms with Gasteiger partial charge in [-0.2, -0.15) is 5.26 Å². The molecule has 1 saturated carbocycles. The van der Waals surface area contributed by atoms with Crippen LogP contribution in [0.15, 0.2) is 0 Å². The number of nitriles is 1. The Kier molecular flexibility index (Phi) is 4.19. The molecular weight excluding hydrogens is 212 g/mol. The Morgan fingerprint density at radius 1 is 1.35 bits per heavy atom. The molecule has 1 fully saturated rings. The first-order valence-electron chi connectivity index (χ1n) is 6.59. The van der Waals surface area contributed by atoms with E-state index in [4.69, 9.17) is 0 Å². The molecule has 0 aromatic carbocycles. The average molecular weight is 236 g/mol. The number of hydrogen-bond acceptors (Lipinski definition) is 2. The fourth-order valence-electron chi connectivity index (χ4n) is 2.36. The summed E-state index contributed by atoms with van der Waals surface area (Å²) in [5.74, 6) is 0.0200. The number of rotatable bonds is 3. The summed E-state index contributed by atoms with van der Waals surface area (Å²) in [4.78, 5) is 14.3. The van der Waals surface area contributed by atoms with E-state index >= 15 is 0 Å². The minimum atomic E-state index is -0.751. The molecule has 0 aromatic rings. The molecule has 1 aliphatic carbocycles. The quantitative estimate of drug-likeness (QED) is 0.755. The summed E-state index contributed by atoms with van der Waals surface area (Å²) in [7, 11) is 1.83. The minimum absolute atomic E-state index is 0.0200. The van der Waals surface area contributed by atoms with Crippen molar-refractivity contribution in [2.24, 2.45) is 5.41 Å². The van der Waals surface area contributed by atoms with Gasteiger partial charge < -0.3 is 4.90 Å². The molecule has 3 heteroatoms. The molecule has 0 N–H and O–H groups in total. The molecular formula is C14H24N2O. The fraction of sp³-hybridized carbons (Fsp3) is 0.857. The van der Waals surface area contributed by atoms with Crippen LogP contribution >= 0.6 is 0 Å². The van der Waals surface area contributed by atoms with Crippen molar-refractivity contribution in [3.05, 3.63) is 0 Å². The lowest BCUT2D eigenvalue weighted by atomic mass is 9.73.